The highest BCUT2D eigenvalue weighted by atomic mass is 16.5. The van der Waals surface area contributed by atoms with E-state index in [0.29, 0.717) is 12.1 Å². The second-order valence-electron chi connectivity index (χ2n) is 7.22. The van der Waals surface area contributed by atoms with Crippen LogP contribution < -0.4 is 15.1 Å². The zero-order chi connectivity index (χ0) is 20.1. The van der Waals surface area contributed by atoms with Crippen LogP contribution in [0.1, 0.15) is 35.3 Å². The van der Waals surface area contributed by atoms with Gasteiger partial charge >= 0.3 is 0 Å². The van der Waals surface area contributed by atoms with Crippen molar-refractivity contribution in [3.05, 3.63) is 59.7 Å². The molecule has 0 radical (unpaired) electrons. The molecule has 0 spiro atoms. The number of carbonyl (C=O) groups is 1. The molecule has 6 nitrogen and oxygen atoms in total. The van der Waals surface area contributed by atoms with E-state index in [-0.39, 0.29) is 11.9 Å². The van der Waals surface area contributed by atoms with Crippen LogP contribution in [0, 0.1) is 0 Å². The second-order valence-corrected chi connectivity index (χ2v) is 7.22. The largest absolute Gasteiger partial charge is 0.497 e. The number of hydrazone groups is 1. The smallest absolute Gasteiger partial charge is 0.251 e. The Morgan fingerprint density at radius 2 is 1.86 bits per heavy atom. The maximum absolute atomic E-state index is 12.6. The number of nitrogens with one attached hydrogen (secondary N) is 1. The molecule has 2 aromatic carbocycles. The number of likely N-dealkylation sites (N-methyl/N-ethyl adjacent to an activating group) is 1. The summed E-state index contributed by atoms with van der Waals surface area (Å²) in [5.74, 6) is 0.746. The Balaban J connectivity index is 1.62. The summed E-state index contributed by atoms with van der Waals surface area (Å²) in [6.07, 6.45) is 0.986. The van der Waals surface area contributed by atoms with Gasteiger partial charge in [0, 0.05) is 30.8 Å². The van der Waals surface area contributed by atoms with Gasteiger partial charge in [-0.05, 0) is 63.0 Å². The lowest BCUT2D eigenvalue weighted by molar-refractivity contribution is 0.0942. The Labute approximate surface area is 166 Å². The van der Waals surface area contributed by atoms with Gasteiger partial charge in [-0.25, -0.2) is 0 Å². The number of ether oxygens (including phenoxy) is 1. The fraction of sp³-hybridized carbons (Fsp3) is 0.364. The van der Waals surface area contributed by atoms with Gasteiger partial charge in [-0.3, -0.25) is 9.80 Å². The zero-order valence-electron chi connectivity index (χ0n) is 17.0. The number of anilines is 1. The molecule has 0 aliphatic carbocycles. The first-order valence-corrected chi connectivity index (χ1v) is 9.48. The molecule has 1 atom stereocenters. The van der Waals surface area contributed by atoms with Gasteiger partial charge in [0.15, 0.2) is 0 Å². The molecule has 1 N–H and O–H groups in total. The zero-order valence-corrected chi connectivity index (χ0v) is 17.0. The summed E-state index contributed by atoms with van der Waals surface area (Å²) < 4.78 is 5.22. The highest BCUT2D eigenvalue weighted by molar-refractivity contribution is 5.94. The summed E-state index contributed by atoms with van der Waals surface area (Å²) in [7, 11) is 5.67. The molecule has 0 bridgehead atoms. The van der Waals surface area contributed by atoms with Crippen LogP contribution in [0.4, 0.5) is 5.69 Å². The van der Waals surface area contributed by atoms with Crippen LogP contribution in [0.2, 0.25) is 0 Å². The Hall–Kier alpha value is -2.86. The SMILES string of the molecule is COc1ccc(C(CNC(=O)c2ccc(N3CCC(C)=N3)cc2)N(C)C)cc1. The number of hydrogen-bond acceptors (Lipinski definition) is 5. The molecule has 1 heterocycles. The maximum Gasteiger partial charge on any atom is 0.251 e. The summed E-state index contributed by atoms with van der Waals surface area (Å²) in [5.41, 5.74) is 3.92. The number of rotatable bonds is 7. The van der Waals surface area contributed by atoms with Crippen LogP contribution in [-0.2, 0) is 0 Å². The van der Waals surface area contributed by atoms with Gasteiger partial charge in [0.1, 0.15) is 5.75 Å². The minimum Gasteiger partial charge on any atom is -0.497 e. The minimum absolute atomic E-state index is 0.0759. The third-order valence-corrected chi connectivity index (χ3v) is 4.98. The van der Waals surface area contributed by atoms with Crippen molar-refractivity contribution in [1.29, 1.82) is 0 Å². The van der Waals surface area contributed by atoms with Crippen molar-refractivity contribution in [2.24, 2.45) is 5.10 Å². The highest BCUT2D eigenvalue weighted by Crippen LogP contribution is 2.22. The standard InChI is InChI=1S/C22H28N4O2/c1-16-13-14-26(24-16)19-9-5-18(6-10-19)22(27)23-15-21(25(2)3)17-7-11-20(28-4)12-8-17/h5-12,21H,13-15H2,1-4H3,(H,23,27). The number of hydrogen-bond donors (Lipinski definition) is 1. The predicted molar refractivity (Wildman–Crippen MR) is 113 cm³/mol. The first kappa shape index (κ1) is 19.9. The normalized spacial score (nSPS) is 14.8. The molecule has 1 unspecified atom stereocenters. The molecule has 0 saturated carbocycles. The molecular weight excluding hydrogens is 352 g/mol. The lowest BCUT2D eigenvalue weighted by Crippen LogP contribution is -2.34. The van der Waals surface area contributed by atoms with E-state index in [1.54, 1.807) is 7.11 Å². The van der Waals surface area contributed by atoms with E-state index in [0.717, 1.165) is 35.7 Å². The molecule has 1 aliphatic heterocycles. The quantitative estimate of drug-likeness (QED) is 0.801. The van der Waals surface area contributed by atoms with Gasteiger partial charge in [-0.2, -0.15) is 5.10 Å². The van der Waals surface area contributed by atoms with Crippen molar-refractivity contribution in [3.8, 4) is 5.75 Å². The van der Waals surface area contributed by atoms with E-state index < -0.39 is 0 Å². The molecule has 0 saturated heterocycles. The van der Waals surface area contributed by atoms with Crippen molar-refractivity contribution in [3.63, 3.8) is 0 Å². The fourth-order valence-electron chi connectivity index (χ4n) is 3.26. The highest BCUT2D eigenvalue weighted by Gasteiger charge is 2.17. The van der Waals surface area contributed by atoms with Crippen LogP contribution in [0.15, 0.2) is 53.6 Å². The summed E-state index contributed by atoms with van der Waals surface area (Å²) in [4.78, 5) is 14.7. The Morgan fingerprint density at radius 3 is 2.39 bits per heavy atom. The summed E-state index contributed by atoms with van der Waals surface area (Å²) in [6.45, 7) is 3.45. The molecule has 0 fully saturated rings. The Morgan fingerprint density at radius 1 is 1.18 bits per heavy atom. The van der Waals surface area contributed by atoms with Crippen molar-refractivity contribution in [2.75, 3.05) is 39.3 Å². The summed E-state index contributed by atoms with van der Waals surface area (Å²) in [6, 6.07) is 15.6. The molecule has 6 heteroatoms. The Bertz CT molecular complexity index is 829. The van der Waals surface area contributed by atoms with E-state index in [2.05, 4.69) is 15.3 Å². The monoisotopic (exact) mass is 380 g/mol. The van der Waals surface area contributed by atoms with E-state index >= 15 is 0 Å². The number of nitrogens with zero attached hydrogens (tertiary/aromatic N) is 3. The van der Waals surface area contributed by atoms with E-state index in [1.165, 1.54) is 0 Å². The molecule has 148 valence electrons. The lowest BCUT2D eigenvalue weighted by atomic mass is 10.1. The molecule has 1 amide bonds. The van der Waals surface area contributed by atoms with Crippen LogP contribution in [0.5, 0.6) is 5.75 Å². The number of methoxy groups -OCH3 is 1. The minimum atomic E-state index is -0.0759. The summed E-state index contributed by atoms with van der Waals surface area (Å²) in [5, 5.41) is 9.52. The van der Waals surface area contributed by atoms with Gasteiger partial charge in [0.2, 0.25) is 0 Å². The van der Waals surface area contributed by atoms with Crippen molar-refractivity contribution in [2.45, 2.75) is 19.4 Å². The first-order chi connectivity index (χ1) is 13.5. The van der Waals surface area contributed by atoms with Crippen molar-refractivity contribution >= 4 is 17.3 Å². The van der Waals surface area contributed by atoms with Crippen LogP contribution in [0.25, 0.3) is 0 Å². The number of benzene rings is 2. The third kappa shape index (κ3) is 4.70. The van der Waals surface area contributed by atoms with Crippen molar-refractivity contribution in [1.82, 2.24) is 10.2 Å². The summed E-state index contributed by atoms with van der Waals surface area (Å²) >= 11 is 0. The first-order valence-electron chi connectivity index (χ1n) is 9.48. The number of amides is 1. The average Bonchev–Trinajstić information content (AvgIpc) is 3.14. The van der Waals surface area contributed by atoms with Gasteiger partial charge < -0.3 is 15.0 Å². The van der Waals surface area contributed by atoms with Gasteiger partial charge in [0.25, 0.3) is 5.91 Å². The van der Waals surface area contributed by atoms with Gasteiger partial charge in [-0.15, -0.1) is 0 Å². The van der Waals surface area contributed by atoms with Crippen molar-refractivity contribution < 1.29 is 9.53 Å². The van der Waals surface area contributed by atoms with Gasteiger partial charge in [-0.1, -0.05) is 12.1 Å². The predicted octanol–water partition coefficient (Wildman–Crippen LogP) is 3.31. The van der Waals surface area contributed by atoms with Crippen LogP contribution in [-0.4, -0.2) is 50.8 Å². The van der Waals surface area contributed by atoms with Crippen LogP contribution >= 0.6 is 0 Å². The second kappa shape index (κ2) is 8.89. The maximum atomic E-state index is 12.6. The molecule has 2 aromatic rings. The molecule has 0 aromatic heterocycles. The average molecular weight is 380 g/mol. The number of carbonyl (C=O) groups excluding carboxylic acids is 1. The third-order valence-electron chi connectivity index (χ3n) is 4.98. The lowest BCUT2D eigenvalue weighted by Gasteiger charge is -2.25. The molecule has 1 aliphatic rings. The van der Waals surface area contributed by atoms with Crippen LogP contribution in [0.3, 0.4) is 0 Å². The van der Waals surface area contributed by atoms with E-state index in [1.807, 2.05) is 74.6 Å². The van der Waals surface area contributed by atoms with E-state index in [9.17, 15) is 4.79 Å². The van der Waals surface area contributed by atoms with E-state index in [4.69, 9.17) is 4.74 Å². The molecule has 28 heavy (non-hydrogen) atoms. The van der Waals surface area contributed by atoms with Gasteiger partial charge in [0.05, 0.1) is 18.8 Å². The Kier molecular flexibility index (Phi) is 6.31. The topological polar surface area (TPSA) is 57.2 Å². The molecule has 3 rings (SSSR count). The fourth-order valence-corrected chi connectivity index (χ4v) is 3.26. The molecular formula is C22H28N4O2.